The summed E-state index contributed by atoms with van der Waals surface area (Å²) in [4.78, 5) is 6.87. The van der Waals surface area contributed by atoms with Crippen LogP contribution in [0.1, 0.15) is 45.1 Å². The maximum Gasteiger partial charge on any atom is 0.128 e. The first kappa shape index (κ1) is 15.3. The van der Waals surface area contributed by atoms with Crippen molar-refractivity contribution in [2.24, 2.45) is 0 Å². The van der Waals surface area contributed by atoms with Crippen LogP contribution >= 0.6 is 0 Å². The first-order chi connectivity index (χ1) is 9.70. The van der Waals surface area contributed by atoms with Gasteiger partial charge in [-0.25, -0.2) is 4.98 Å². The van der Waals surface area contributed by atoms with E-state index in [0.717, 1.165) is 12.4 Å². The lowest BCUT2D eigenvalue weighted by molar-refractivity contribution is 0.297. The van der Waals surface area contributed by atoms with Crippen molar-refractivity contribution in [3.63, 3.8) is 0 Å². The Morgan fingerprint density at radius 2 is 2.10 bits per heavy atom. The molecular weight excluding hydrogens is 250 g/mol. The molecule has 0 atom stereocenters. The minimum Gasteiger partial charge on any atom is -0.395 e. The van der Waals surface area contributed by atoms with Gasteiger partial charge in [0, 0.05) is 31.4 Å². The van der Waals surface area contributed by atoms with Crippen LogP contribution in [0.4, 0.5) is 5.82 Å². The van der Waals surface area contributed by atoms with E-state index in [1.807, 2.05) is 6.20 Å². The first-order valence-electron chi connectivity index (χ1n) is 7.76. The highest BCUT2D eigenvalue weighted by atomic mass is 16.3. The van der Waals surface area contributed by atoms with Crippen LogP contribution < -0.4 is 10.2 Å². The van der Waals surface area contributed by atoms with Gasteiger partial charge in [0.05, 0.1) is 6.61 Å². The number of aliphatic hydroxyl groups excluding tert-OH is 1. The molecule has 0 radical (unpaired) electrons. The van der Waals surface area contributed by atoms with Crippen LogP contribution in [-0.2, 0) is 6.54 Å². The molecule has 0 aromatic carbocycles. The average molecular weight is 277 g/mol. The minimum absolute atomic E-state index is 0.189. The normalized spacial score (nSPS) is 16.0. The highest BCUT2D eigenvalue weighted by Crippen LogP contribution is 2.26. The molecule has 0 saturated heterocycles. The van der Waals surface area contributed by atoms with E-state index in [0.29, 0.717) is 18.6 Å². The van der Waals surface area contributed by atoms with E-state index >= 15 is 0 Å². The van der Waals surface area contributed by atoms with E-state index in [1.54, 1.807) is 0 Å². The van der Waals surface area contributed by atoms with Crippen molar-refractivity contribution in [2.75, 3.05) is 18.1 Å². The molecule has 20 heavy (non-hydrogen) atoms. The summed E-state index contributed by atoms with van der Waals surface area (Å²) in [6, 6.07) is 5.26. The fourth-order valence-corrected chi connectivity index (χ4v) is 2.82. The van der Waals surface area contributed by atoms with Crippen molar-refractivity contribution >= 4 is 5.82 Å². The SMILES string of the molecule is CC(C)NCc1ccc(N(CCO)C2CCCC2)nc1. The molecule has 1 heterocycles. The van der Waals surface area contributed by atoms with Crippen molar-refractivity contribution < 1.29 is 5.11 Å². The van der Waals surface area contributed by atoms with Gasteiger partial charge in [0.25, 0.3) is 0 Å². The molecule has 1 saturated carbocycles. The van der Waals surface area contributed by atoms with E-state index < -0.39 is 0 Å². The fourth-order valence-electron chi connectivity index (χ4n) is 2.82. The quantitative estimate of drug-likeness (QED) is 0.803. The summed E-state index contributed by atoms with van der Waals surface area (Å²) in [7, 11) is 0. The Hall–Kier alpha value is -1.13. The van der Waals surface area contributed by atoms with Gasteiger partial charge >= 0.3 is 0 Å². The van der Waals surface area contributed by atoms with Gasteiger partial charge in [-0.2, -0.15) is 0 Å². The number of hydrogen-bond donors (Lipinski definition) is 2. The van der Waals surface area contributed by atoms with Crippen molar-refractivity contribution in [2.45, 2.75) is 58.2 Å². The largest absolute Gasteiger partial charge is 0.395 e. The van der Waals surface area contributed by atoms with Crippen LogP contribution in [-0.4, -0.2) is 35.3 Å². The maximum atomic E-state index is 9.28. The molecule has 4 nitrogen and oxygen atoms in total. The van der Waals surface area contributed by atoms with Crippen LogP contribution in [0.15, 0.2) is 18.3 Å². The molecular formula is C16H27N3O. The average Bonchev–Trinajstić information content (AvgIpc) is 2.97. The molecule has 2 N–H and O–H groups in total. The molecule has 0 aliphatic heterocycles. The Morgan fingerprint density at radius 3 is 2.65 bits per heavy atom. The monoisotopic (exact) mass is 277 g/mol. The Labute approximate surface area is 122 Å². The molecule has 0 unspecified atom stereocenters. The zero-order valence-electron chi connectivity index (χ0n) is 12.7. The highest BCUT2D eigenvalue weighted by Gasteiger charge is 2.23. The third-order valence-corrected chi connectivity index (χ3v) is 3.92. The van der Waals surface area contributed by atoms with E-state index in [2.05, 4.69) is 41.2 Å². The Kier molecular flexibility index (Phi) is 5.80. The van der Waals surface area contributed by atoms with Crippen LogP contribution in [0.5, 0.6) is 0 Å². The molecule has 0 amide bonds. The van der Waals surface area contributed by atoms with Crippen LogP contribution in [0.2, 0.25) is 0 Å². The van der Waals surface area contributed by atoms with Gasteiger partial charge < -0.3 is 15.3 Å². The van der Waals surface area contributed by atoms with Crippen molar-refractivity contribution in [3.8, 4) is 0 Å². The lowest BCUT2D eigenvalue weighted by Crippen LogP contribution is -2.36. The fraction of sp³-hybridized carbons (Fsp3) is 0.688. The lowest BCUT2D eigenvalue weighted by Gasteiger charge is -2.29. The van der Waals surface area contributed by atoms with E-state index in [1.165, 1.54) is 31.2 Å². The standard InChI is InChI=1S/C16H27N3O/c1-13(2)17-11-14-7-8-16(18-12-14)19(9-10-20)15-5-3-4-6-15/h7-8,12-13,15,17,20H,3-6,9-11H2,1-2H3. The zero-order chi connectivity index (χ0) is 14.4. The summed E-state index contributed by atoms with van der Waals surface area (Å²) >= 11 is 0. The molecule has 0 bridgehead atoms. The Bertz CT molecular complexity index is 385. The number of nitrogens with zero attached hydrogens (tertiary/aromatic N) is 2. The molecule has 1 aliphatic rings. The van der Waals surface area contributed by atoms with Crippen LogP contribution in [0, 0.1) is 0 Å². The van der Waals surface area contributed by atoms with Crippen LogP contribution in [0.3, 0.4) is 0 Å². The predicted octanol–water partition coefficient (Wildman–Crippen LogP) is 2.32. The molecule has 112 valence electrons. The molecule has 2 rings (SSSR count). The number of pyridine rings is 1. The summed E-state index contributed by atoms with van der Waals surface area (Å²) in [5.41, 5.74) is 1.21. The number of aliphatic hydroxyl groups is 1. The van der Waals surface area contributed by atoms with Gasteiger partial charge in [-0.3, -0.25) is 0 Å². The zero-order valence-corrected chi connectivity index (χ0v) is 12.7. The number of anilines is 1. The van der Waals surface area contributed by atoms with Gasteiger partial charge in [0.2, 0.25) is 0 Å². The van der Waals surface area contributed by atoms with Gasteiger partial charge in [-0.05, 0) is 24.5 Å². The van der Waals surface area contributed by atoms with Gasteiger partial charge in [0.1, 0.15) is 5.82 Å². The third-order valence-electron chi connectivity index (χ3n) is 3.92. The number of rotatable bonds is 7. The Morgan fingerprint density at radius 1 is 1.35 bits per heavy atom. The number of nitrogens with one attached hydrogen (secondary N) is 1. The number of aromatic nitrogens is 1. The summed E-state index contributed by atoms with van der Waals surface area (Å²) < 4.78 is 0. The van der Waals surface area contributed by atoms with Gasteiger partial charge in [-0.15, -0.1) is 0 Å². The summed E-state index contributed by atoms with van der Waals surface area (Å²) in [5, 5.41) is 12.7. The second-order valence-electron chi connectivity index (χ2n) is 5.92. The predicted molar refractivity (Wildman–Crippen MR) is 82.9 cm³/mol. The summed E-state index contributed by atoms with van der Waals surface area (Å²) in [5.74, 6) is 0.999. The molecule has 1 aliphatic carbocycles. The Balaban J connectivity index is 2.01. The smallest absolute Gasteiger partial charge is 0.128 e. The van der Waals surface area contributed by atoms with Crippen molar-refractivity contribution in [1.29, 1.82) is 0 Å². The highest BCUT2D eigenvalue weighted by molar-refractivity contribution is 5.41. The molecule has 1 aromatic rings. The van der Waals surface area contributed by atoms with Crippen LogP contribution in [0.25, 0.3) is 0 Å². The van der Waals surface area contributed by atoms with Crippen molar-refractivity contribution in [1.82, 2.24) is 10.3 Å². The number of hydrogen-bond acceptors (Lipinski definition) is 4. The lowest BCUT2D eigenvalue weighted by atomic mass is 10.2. The maximum absolute atomic E-state index is 9.28. The van der Waals surface area contributed by atoms with E-state index in [-0.39, 0.29) is 6.61 Å². The van der Waals surface area contributed by atoms with E-state index in [4.69, 9.17) is 0 Å². The second kappa shape index (κ2) is 7.60. The summed E-state index contributed by atoms with van der Waals surface area (Å²) in [6.07, 6.45) is 6.98. The second-order valence-corrected chi connectivity index (χ2v) is 5.92. The van der Waals surface area contributed by atoms with E-state index in [9.17, 15) is 5.11 Å². The summed E-state index contributed by atoms with van der Waals surface area (Å²) in [6.45, 7) is 6.01. The van der Waals surface area contributed by atoms with Gasteiger partial charge in [-0.1, -0.05) is 32.8 Å². The topological polar surface area (TPSA) is 48.4 Å². The van der Waals surface area contributed by atoms with Crippen molar-refractivity contribution in [3.05, 3.63) is 23.9 Å². The molecule has 0 spiro atoms. The minimum atomic E-state index is 0.189. The van der Waals surface area contributed by atoms with Gasteiger partial charge in [0.15, 0.2) is 0 Å². The molecule has 1 fully saturated rings. The first-order valence-corrected chi connectivity index (χ1v) is 7.76. The molecule has 4 heteroatoms. The molecule has 1 aromatic heterocycles. The third kappa shape index (κ3) is 4.18.